The van der Waals surface area contributed by atoms with Gasteiger partial charge in [-0.05, 0) is 5.56 Å². The lowest BCUT2D eigenvalue weighted by Crippen LogP contribution is -2.41. The third kappa shape index (κ3) is 4.37. The van der Waals surface area contributed by atoms with Crippen molar-refractivity contribution in [3.05, 3.63) is 35.9 Å². The van der Waals surface area contributed by atoms with Crippen LogP contribution >= 0.6 is 0 Å². The fraction of sp³-hybridized carbons (Fsp3) is 0.429. The summed E-state index contributed by atoms with van der Waals surface area (Å²) >= 11 is 0. The van der Waals surface area contributed by atoms with Crippen LogP contribution in [0.2, 0.25) is 0 Å². The molecule has 1 fully saturated rings. The lowest BCUT2D eigenvalue weighted by molar-refractivity contribution is -0.151. The maximum absolute atomic E-state index is 11.8. The average molecular weight is 263 g/mol. The molecule has 102 valence electrons. The number of amides is 1. The Morgan fingerprint density at radius 3 is 2.53 bits per heavy atom. The minimum absolute atomic E-state index is 0.193. The third-order valence-corrected chi connectivity index (χ3v) is 2.90. The summed E-state index contributed by atoms with van der Waals surface area (Å²) in [5.41, 5.74) is 0.912. The van der Waals surface area contributed by atoms with Gasteiger partial charge >= 0.3 is 5.97 Å². The number of hydrogen-bond donors (Lipinski definition) is 0. The van der Waals surface area contributed by atoms with E-state index in [1.165, 1.54) is 0 Å². The van der Waals surface area contributed by atoms with Crippen molar-refractivity contribution in [2.75, 3.05) is 26.3 Å². The molecule has 0 radical (unpaired) electrons. The molecule has 5 heteroatoms. The molecule has 0 saturated carbocycles. The first-order valence-electron chi connectivity index (χ1n) is 6.31. The summed E-state index contributed by atoms with van der Waals surface area (Å²) in [7, 11) is 0. The molecule has 1 heterocycles. The van der Waals surface area contributed by atoms with Gasteiger partial charge in [0.15, 0.2) is 0 Å². The highest BCUT2D eigenvalue weighted by atomic mass is 16.5. The number of nitrogens with zero attached hydrogens (tertiary/aromatic N) is 1. The summed E-state index contributed by atoms with van der Waals surface area (Å²) in [6, 6.07) is 9.39. The zero-order chi connectivity index (χ0) is 13.5. The molecule has 1 amide bonds. The van der Waals surface area contributed by atoms with Crippen LogP contribution in [0.1, 0.15) is 12.0 Å². The molecule has 1 aliphatic rings. The number of benzene rings is 1. The second-order valence-electron chi connectivity index (χ2n) is 4.32. The largest absolute Gasteiger partial charge is 0.460 e. The Hall–Kier alpha value is -1.88. The summed E-state index contributed by atoms with van der Waals surface area (Å²) in [5, 5.41) is 0. The standard InChI is InChI=1S/C14H17NO4/c16-13(15-6-8-18-9-7-15)10-14(17)19-11-12-4-2-1-3-5-12/h1-5H,6-11H2. The van der Waals surface area contributed by atoms with Gasteiger partial charge in [0.05, 0.1) is 13.2 Å². The van der Waals surface area contributed by atoms with Crippen LogP contribution in [-0.2, 0) is 25.7 Å². The van der Waals surface area contributed by atoms with Gasteiger partial charge in [0.2, 0.25) is 5.91 Å². The van der Waals surface area contributed by atoms with Gasteiger partial charge in [-0.1, -0.05) is 30.3 Å². The Balaban J connectivity index is 1.73. The number of esters is 1. The minimum atomic E-state index is -0.486. The normalized spacial score (nSPS) is 15.1. The van der Waals surface area contributed by atoms with Crippen LogP contribution in [0.25, 0.3) is 0 Å². The second-order valence-corrected chi connectivity index (χ2v) is 4.32. The average Bonchev–Trinajstić information content (AvgIpc) is 2.47. The molecular weight excluding hydrogens is 246 g/mol. The second kappa shape index (κ2) is 6.89. The van der Waals surface area contributed by atoms with E-state index in [0.29, 0.717) is 26.3 Å². The molecule has 1 aliphatic heterocycles. The van der Waals surface area contributed by atoms with Crippen LogP contribution in [0.5, 0.6) is 0 Å². The molecule has 1 aromatic carbocycles. The summed E-state index contributed by atoms with van der Waals surface area (Å²) in [6.07, 6.45) is -0.202. The molecule has 0 N–H and O–H groups in total. The molecule has 0 bridgehead atoms. The van der Waals surface area contributed by atoms with E-state index in [9.17, 15) is 9.59 Å². The zero-order valence-electron chi connectivity index (χ0n) is 10.7. The van der Waals surface area contributed by atoms with Gasteiger partial charge in [-0.3, -0.25) is 9.59 Å². The lowest BCUT2D eigenvalue weighted by Gasteiger charge is -2.26. The quantitative estimate of drug-likeness (QED) is 0.600. The van der Waals surface area contributed by atoms with E-state index >= 15 is 0 Å². The summed E-state index contributed by atoms with van der Waals surface area (Å²) in [4.78, 5) is 25.0. The van der Waals surface area contributed by atoms with E-state index in [1.807, 2.05) is 30.3 Å². The smallest absolute Gasteiger partial charge is 0.315 e. The Bertz CT molecular complexity index is 426. The van der Waals surface area contributed by atoms with Crippen LogP contribution in [0.3, 0.4) is 0 Å². The monoisotopic (exact) mass is 263 g/mol. The van der Waals surface area contributed by atoms with Gasteiger partial charge in [0.25, 0.3) is 0 Å². The van der Waals surface area contributed by atoms with E-state index in [2.05, 4.69) is 0 Å². The van der Waals surface area contributed by atoms with Gasteiger partial charge in [-0.25, -0.2) is 0 Å². The maximum Gasteiger partial charge on any atom is 0.315 e. The predicted molar refractivity (Wildman–Crippen MR) is 68.3 cm³/mol. The molecule has 0 atom stereocenters. The van der Waals surface area contributed by atoms with E-state index < -0.39 is 5.97 Å². The van der Waals surface area contributed by atoms with Crippen molar-refractivity contribution in [2.45, 2.75) is 13.0 Å². The number of ether oxygens (including phenoxy) is 2. The Morgan fingerprint density at radius 1 is 1.16 bits per heavy atom. The molecule has 2 rings (SSSR count). The number of carbonyl (C=O) groups excluding carboxylic acids is 2. The maximum atomic E-state index is 11.8. The van der Waals surface area contributed by atoms with Crippen molar-refractivity contribution in [1.82, 2.24) is 4.90 Å². The van der Waals surface area contributed by atoms with E-state index in [1.54, 1.807) is 4.90 Å². The van der Waals surface area contributed by atoms with Gasteiger partial charge in [-0.2, -0.15) is 0 Å². The molecular formula is C14H17NO4. The van der Waals surface area contributed by atoms with Gasteiger partial charge < -0.3 is 14.4 Å². The van der Waals surface area contributed by atoms with Crippen molar-refractivity contribution in [2.24, 2.45) is 0 Å². The van der Waals surface area contributed by atoms with Gasteiger partial charge in [0, 0.05) is 13.1 Å². The number of hydrogen-bond acceptors (Lipinski definition) is 4. The van der Waals surface area contributed by atoms with E-state index in [-0.39, 0.29) is 18.9 Å². The first-order valence-corrected chi connectivity index (χ1v) is 6.31. The molecule has 0 aliphatic carbocycles. The van der Waals surface area contributed by atoms with Crippen LogP contribution in [0, 0.1) is 0 Å². The van der Waals surface area contributed by atoms with Crippen LogP contribution in [0.15, 0.2) is 30.3 Å². The van der Waals surface area contributed by atoms with Crippen molar-refractivity contribution >= 4 is 11.9 Å². The van der Waals surface area contributed by atoms with Gasteiger partial charge in [-0.15, -0.1) is 0 Å². The predicted octanol–water partition coefficient (Wildman–Crippen LogP) is 0.979. The topological polar surface area (TPSA) is 55.8 Å². The summed E-state index contributed by atoms with van der Waals surface area (Å²) in [5.74, 6) is -0.679. The Kier molecular flexibility index (Phi) is 4.92. The number of carbonyl (C=O) groups is 2. The first-order chi connectivity index (χ1) is 9.25. The SMILES string of the molecule is O=C(CC(=O)N1CCOCC1)OCc1ccccc1. The van der Waals surface area contributed by atoms with E-state index in [4.69, 9.17) is 9.47 Å². The Morgan fingerprint density at radius 2 is 1.84 bits per heavy atom. The minimum Gasteiger partial charge on any atom is -0.460 e. The van der Waals surface area contributed by atoms with Crippen molar-refractivity contribution < 1.29 is 19.1 Å². The van der Waals surface area contributed by atoms with Gasteiger partial charge in [0.1, 0.15) is 13.0 Å². The Labute approximate surface area is 112 Å². The molecule has 19 heavy (non-hydrogen) atoms. The highest BCUT2D eigenvalue weighted by Crippen LogP contribution is 2.04. The lowest BCUT2D eigenvalue weighted by atomic mass is 10.2. The van der Waals surface area contributed by atoms with Crippen molar-refractivity contribution in [3.8, 4) is 0 Å². The third-order valence-electron chi connectivity index (χ3n) is 2.90. The van der Waals surface area contributed by atoms with Crippen molar-refractivity contribution in [1.29, 1.82) is 0 Å². The van der Waals surface area contributed by atoms with E-state index in [0.717, 1.165) is 5.56 Å². The van der Waals surface area contributed by atoms with Crippen LogP contribution < -0.4 is 0 Å². The first kappa shape index (κ1) is 13.5. The number of morpholine rings is 1. The highest BCUT2D eigenvalue weighted by molar-refractivity contribution is 5.94. The van der Waals surface area contributed by atoms with Crippen LogP contribution in [-0.4, -0.2) is 43.1 Å². The number of rotatable bonds is 4. The molecule has 0 spiro atoms. The fourth-order valence-corrected chi connectivity index (χ4v) is 1.84. The molecule has 1 aromatic rings. The fourth-order valence-electron chi connectivity index (χ4n) is 1.84. The summed E-state index contributed by atoms with van der Waals surface area (Å²) < 4.78 is 10.2. The zero-order valence-corrected chi connectivity index (χ0v) is 10.7. The highest BCUT2D eigenvalue weighted by Gasteiger charge is 2.20. The molecule has 5 nitrogen and oxygen atoms in total. The molecule has 0 aromatic heterocycles. The summed E-state index contributed by atoms with van der Waals surface area (Å²) in [6.45, 7) is 2.36. The van der Waals surface area contributed by atoms with Crippen molar-refractivity contribution in [3.63, 3.8) is 0 Å². The van der Waals surface area contributed by atoms with Crippen LogP contribution in [0.4, 0.5) is 0 Å². The molecule has 1 saturated heterocycles. The molecule has 0 unspecified atom stereocenters.